The van der Waals surface area contributed by atoms with Crippen LogP contribution in [0.5, 0.6) is 0 Å². The molecule has 170 valence electrons. The van der Waals surface area contributed by atoms with Crippen molar-refractivity contribution in [2.24, 2.45) is 11.8 Å². The van der Waals surface area contributed by atoms with Crippen LogP contribution in [-0.4, -0.2) is 59.1 Å². The van der Waals surface area contributed by atoms with Gasteiger partial charge in [0.25, 0.3) is 0 Å². The van der Waals surface area contributed by atoms with Crippen LogP contribution in [0.3, 0.4) is 0 Å². The zero-order valence-electron chi connectivity index (χ0n) is 18.3. The van der Waals surface area contributed by atoms with Crippen LogP contribution in [0.1, 0.15) is 84.0 Å². The number of rotatable bonds is 10. The van der Waals surface area contributed by atoms with Gasteiger partial charge in [-0.15, -0.1) is 0 Å². The Bertz CT molecular complexity index is 604. The van der Waals surface area contributed by atoms with E-state index in [-0.39, 0.29) is 17.9 Å². The highest BCUT2D eigenvalue weighted by molar-refractivity contribution is 5.87. The van der Waals surface area contributed by atoms with E-state index in [1.807, 2.05) is 0 Å². The molecule has 2 saturated carbocycles. The van der Waals surface area contributed by atoms with Crippen LogP contribution in [0, 0.1) is 11.8 Å². The normalized spacial score (nSPS) is 27.6. The van der Waals surface area contributed by atoms with Gasteiger partial charge in [-0.25, -0.2) is 4.79 Å². The topological polar surface area (TPSA) is 95.9 Å². The number of amides is 1. The minimum absolute atomic E-state index is 0.0713. The van der Waals surface area contributed by atoms with Crippen molar-refractivity contribution in [1.82, 2.24) is 10.2 Å². The maximum Gasteiger partial charge on any atom is 0.326 e. The number of hydrogen-bond donors (Lipinski definition) is 2. The second kappa shape index (κ2) is 11.1. The molecule has 2 aliphatic carbocycles. The number of carbonyl (C=O) groups excluding carboxylic acids is 2. The SMILES string of the molecule is C[C@H](NCCCC(=O)OCCC1CCCCC1)C(=O)N1[C@H](C(=O)O)C[C@@H]2CCC[C@@H]21. The highest BCUT2D eigenvalue weighted by Crippen LogP contribution is 2.41. The van der Waals surface area contributed by atoms with Gasteiger partial charge in [0.1, 0.15) is 6.04 Å². The summed E-state index contributed by atoms with van der Waals surface area (Å²) in [5, 5.41) is 12.7. The molecule has 1 heterocycles. The zero-order chi connectivity index (χ0) is 21.5. The standard InChI is InChI=1S/C23H38N2O5/c1-16(22(27)25-19-10-5-9-18(19)15-20(25)23(28)29)24-13-6-11-21(26)30-14-12-17-7-3-2-4-8-17/h16-20,24H,2-15H2,1H3,(H,28,29)/t16-,18-,19-,20-/m0/s1. The average Bonchev–Trinajstić information content (AvgIpc) is 3.32. The number of esters is 1. The molecule has 1 saturated heterocycles. The molecule has 3 fully saturated rings. The highest BCUT2D eigenvalue weighted by Gasteiger charge is 2.49. The predicted molar refractivity (Wildman–Crippen MR) is 113 cm³/mol. The van der Waals surface area contributed by atoms with E-state index < -0.39 is 18.1 Å². The second-order valence-electron chi connectivity index (χ2n) is 9.39. The van der Waals surface area contributed by atoms with Gasteiger partial charge in [0.15, 0.2) is 0 Å². The molecule has 1 amide bonds. The lowest BCUT2D eigenvalue weighted by Gasteiger charge is -2.30. The van der Waals surface area contributed by atoms with Crippen LogP contribution in [-0.2, 0) is 19.1 Å². The number of likely N-dealkylation sites (tertiary alicyclic amines) is 1. The van der Waals surface area contributed by atoms with Crippen molar-refractivity contribution in [1.29, 1.82) is 0 Å². The molecule has 2 N–H and O–H groups in total. The molecule has 0 spiro atoms. The van der Waals surface area contributed by atoms with E-state index in [0.717, 1.165) is 25.7 Å². The van der Waals surface area contributed by atoms with Crippen LogP contribution >= 0.6 is 0 Å². The van der Waals surface area contributed by atoms with Crippen molar-refractivity contribution in [2.75, 3.05) is 13.2 Å². The van der Waals surface area contributed by atoms with Crippen LogP contribution in [0.4, 0.5) is 0 Å². The Balaban J connectivity index is 1.32. The van der Waals surface area contributed by atoms with Gasteiger partial charge in [-0.3, -0.25) is 9.59 Å². The molecule has 3 rings (SSSR count). The summed E-state index contributed by atoms with van der Waals surface area (Å²) in [7, 11) is 0. The van der Waals surface area contributed by atoms with Crippen LogP contribution in [0.2, 0.25) is 0 Å². The van der Waals surface area contributed by atoms with E-state index in [1.54, 1.807) is 11.8 Å². The number of carbonyl (C=O) groups is 3. The number of carboxylic acids is 1. The number of carboxylic acid groups (broad SMARTS) is 1. The first kappa shape index (κ1) is 23.0. The summed E-state index contributed by atoms with van der Waals surface area (Å²) in [6.45, 7) is 2.83. The van der Waals surface area contributed by atoms with Crippen LogP contribution in [0.25, 0.3) is 0 Å². The van der Waals surface area contributed by atoms with E-state index in [1.165, 1.54) is 32.1 Å². The third-order valence-electron chi connectivity index (χ3n) is 7.27. The van der Waals surface area contributed by atoms with Crippen LogP contribution in [0.15, 0.2) is 0 Å². The summed E-state index contributed by atoms with van der Waals surface area (Å²) in [6, 6.07) is -1.08. The van der Waals surface area contributed by atoms with E-state index in [2.05, 4.69) is 5.32 Å². The molecule has 4 atom stereocenters. The number of nitrogens with one attached hydrogen (secondary N) is 1. The van der Waals surface area contributed by atoms with Gasteiger partial charge in [-0.1, -0.05) is 38.5 Å². The predicted octanol–water partition coefficient (Wildman–Crippen LogP) is 3.11. The first-order chi connectivity index (χ1) is 14.5. The van der Waals surface area contributed by atoms with Gasteiger partial charge in [0, 0.05) is 12.5 Å². The molecule has 0 aromatic rings. The van der Waals surface area contributed by atoms with E-state index in [0.29, 0.717) is 44.2 Å². The lowest BCUT2D eigenvalue weighted by molar-refractivity contribution is -0.150. The summed E-state index contributed by atoms with van der Waals surface area (Å²) in [5.74, 6) is -0.177. The summed E-state index contributed by atoms with van der Waals surface area (Å²) in [6.07, 6.45) is 11.9. The van der Waals surface area contributed by atoms with Gasteiger partial charge in [0.05, 0.1) is 12.6 Å². The highest BCUT2D eigenvalue weighted by atomic mass is 16.5. The maximum absolute atomic E-state index is 12.9. The molecule has 7 nitrogen and oxygen atoms in total. The Morgan fingerprint density at radius 3 is 2.60 bits per heavy atom. The van der Waals surface area contributed by atoms with Crippen molar-refractivity contribution < 1.29 is 24.2 Å². The van der Waals surface area contributed by atoms with Gasteiger partial charge in [-0.2, -0.15) is 0 Å². The summed E-state index contributed by atoms with van der Waals surface area (Å²) >= 11 is 0. The minimum atomic E-state index is -0.902. The number of nitrogens with zero attached hydrogens (tertiary/aromatic N) is 1. The smallest absolute Gasteiger partial charge is 0.326 e. The first-order valence-corrected chi connectivity index (χ1v) is 11.9. The Hall–Kier alpha value is -1.63. The van der Waals surface area contributed by atoms with Gasteiger partial charge < -0.3 is 20.1 Å². The molecule has 1 aliphatic heterocycles. The third kappa shape index (κ3) is 5.96. The zero-order valence-corrected chi connectivity index (χ0v) is 18.3. The van der Waals surface area contributed by atoms with E-state index in [4.69, 9.17) is 4.74 Å². The monoisotopic (exact) mass is 422 g/mol. The molecule has 0 radical (unpaired) electrons. The van der Waals surface area contributed by atoms with Crippen molar-refractivity contribution in [3.63, 3.8) is 0 Å². The molecule has 0 aromatic carbocycles. The van der Waals surface area contributed by atoms with Crippen molar-refractivity contribution in [2.45, 2.75) is 102 Å². The molecule has 0 unspecified atom stereocenters. The van der Waals surface area contributed by atoms with Crippen molar-refractivity contribution in [3.05, 3.63) is 0 Å². The van der Waals surface area contributed by atoms with E-state index >= 15 is 0 Å². The number of hydrogen-bond acceptors (Lipinski definition) is 5. The molecule has 0 aromatic heterocycles. The quantitative estimate of drug-likeness (QED) is 0.415. The molecular weight excluding hydrogens is 384 g/mol. The van der Waals surface area contributed by atoms with Gasteiger partial charge in [0.2, 0.25) is 5.91 Å². The fourth-order valence-corrected chi connectivity index (χ4v) is 5.58. The molecule has 30 heavy (non-hydrogen) atoms. The Kier molecular flexibility index (Phi) is 8.54. The molecule has 7 heteroatoms. The fraction of sp³-hybridized carbons (Fsp3) is 0.870. The average molecular weight is 423 g/mol. The Morgan fingerprint density at radius 1 is 1.10 bits per heavy atom. The second-order valence-corrected chi connectivity index (χ2v) is 9.39. The summed E-state index contributed by atoms with van der Waals surface area (Å²) in [4.78, 5) is 38.1. The van der Waals surface area contributed by atoms with Crippen molar-refractivity contribution in [3.8, 4) is 0 Å². The fourth-order valence-electron chi connectivity index (χ4n) is 5.58. The van der Waals surface area contributed by atoms with E-state index in [9.17, 15) is 19.5 Å². The number of fused-ring (bicyclic) bond motifs is 1. The molecule has 0 bridgehead atoms. The Morgan fingerprint density at radius 2 is 1.87 bits per heavy atom. The largest absolute Gasteiger partial charge is 0.480 e. The van der Waals surface area contributed by atoms with Crippen LogP contribution < -0.4 is 5.32 Å². The first-order valence-electron chi connectivity index (χ1n) is 11.9. The summed E-state index contributed by atoms with van der Waals surface area (Å²) < 4.78 is 5.36. The molecule has 3 aliphatic rings. The van der Waals surface area contributed by atoms with Crippen molar-refractivity contribution >= 4 is 17.8 Å². The minimum Gasteiger partial charge on any atom is -0.480 e. The Labute approximate surface area is 179 Å². The number of ether oxygens (including phenoxy) is 1. The maximum atomic E-state index is 12.9. The van der Waals surface area contributed by atoms with Gasteiger partial charge >= 0.3 is 11.9 Å². The summed E-state index contributed by atoms with van der Waals surface area (Å²) in [5.41, 5.74) is 0. The third-order valence-corrected chi connectivity index (χ3v) is 7.27. The molecular formula is C23H38N2O5. The lowest BCUT2D eigenvalue weighted by atomic mass is 9.87. The lowest BCUT2D eigenvalue weighted by Crippen LogP contribution is -2.52. The van der Waals surface area contributed by atoms with Gasteiger partial charge in [-0.05, 0) is 57.4 Å². The number of aliphatic carboxylic acids is 1.